The van der Waals surface area contributed by atoms with Gasteiger partial charge in [-0.05, 0) is 19.5 Å². The van der Waals surface area contributed by atoms with Gasteiger partial charge in [0.1, 0.15) is 5.82 Å². The van der Waals surface area contributed by atoms with Gasteiger partial charge in [-0.25, -0.2) is 12.8 Å². The topological polar surface area (TPSA) is 57.6 Å². The van der Waals surface area contributed by atoms with Crippen molar-refractivity contribution in [2.45, 2.75) is 32.9 Å². The zero-order valence-corrected chi connectivity index (χ0v) is 13.6. The van der Waals surface area contributed by atoms with E-state index < -0.39 is 21.8 Å². The molecule has 0 aromatic heterocycles. The summed E-state index contributed by atoms with van der Waals surface area (Å²) in [6.45, 7) is 6.12. The first-order valence-corrected chi connectivity index (χ1v) is 8.99. The van der Waals surface area contributed by atoms with Gasteiger partial charge in [0.2, 0.25) is 0 Å². The van der Waals surface area contributed by atoms with Crippen LogP contribution in [-0.2, 0) is 9.84 Å². The minimum atomic E-state index is -3.08. The second-order valence-corrected chi connectivity index (χ2v) is 7.57. The predicted octanol–water partition coefficient (Wildman–Crippen LogP) is 2.00. The van der Waals surface area contributed by atoms with Gasteiger partial charge in [-0.2, -0.15) is 0 Å². The second kappa shape index (κ2) is 7.87. The minimum absolute atomic E-state index is 0.0430. The number of halogens is 1. The Morgan fingerprint density at radius 1 is 1.29 bits per heavy atom. The summed E-state index contributed by atoms with van der Waals surface area (Å²) in [6, 6.07) is 5.87. The van der Waals surface area contributed by atoms with Crippen LogP contribution in [0, 0.1) is 5.82 Å². The zero-order valence-electron chi connectivity index (χ0n) is 12.8. The van der Waals surface area contributed by atoms with Crippen LogP contribution in [0.2, 0.25) is 0 Å². The van der Waals surface area contributed by atoms with E-state index >= 15 is 0 Å². The van der Waals surface area contributed by atoms with Crippen molar-refractivity contribution in [2.24, 2.45) is 0 Å². The number of aliphatic hydroxyl groups excluding tert-OH is 1. The molecule has 0 saturated carbocycles. The van der Waals surface area contributed by atoms with Gasteiger partial charge in [0.15, 0.2) is 9.84 Å². The van der Waals surface area contributed by atoms with Crippen molar-refractivity contribution in [2.75, 3.05) is 24.6 Å². The molecule has 0 fully saturated rings. The van der Waals surface area contributed by atoms with E-state index in [1.165, 1.54) is 6.07 Å². The lowest BCUT2D eigenvalue weighted by atomic mass is 10.1. The number of likely N-dealkylation sites (N-methyl/N-ethyl adjacent to an activating group) is 1. The molecule has 0 aliphatic rings. The molecule has 0 aliphatic carbocycles. The second-order valence-electron chi connectivity index (χ2n) is 5.17. The number of aliphatic hydroxyl groups is 1. The van der Waals surface area contributed by atoms with E-state index in [9.17, 15) is 17.9 Å². The van der Waals surface area contributed by atoms with E-state index in [0.717, 1.165) is 0 Å². The van der Waals surface area contributed by atoms with Crippen LogP contribution in [0.1, 0.15) is 32.4 Å². The number of nitrogens with zero attached hydrogens (tertiary/aromatic N) is 1. The Balaban J connectivity index is 2.76. The van der Waals surface area contributed by atoms with Crippen LogP contribution in [0.25, 0.3) is 0 Å². The Labute approximate surface area is 126 Å². The highest BCUT2D eigenvalue weighted by molar-refractivity contribution is 7.91. The number of hydrogen-bond donors (Lipinski definition) is 1. The number of rotatable bonds is 8. The number of sulfone groups is 1. The van der Waals surface area contributed by atoms with E-state index in [2.05, 4.69) is 0 Å². The highest BCUT2D eigenvalue weighted by atomic mass is 32.2. The molecule has 120 valence electrons. The smallest absolute Gasteiger partial charge is 0.151 e. The van der Waals surface area contributed by atoms with Crippen molar-refractivity contribution < 1.29 is 17.9 Å². The first kappa shape index (κ1) is 18.1. The molecule has 0 aliphatic heterocycles. The third kappa shape index (κ3) is 5.37. The van der Waals surface area contributed by atoms with Crippen molar-refractivity contribution in [1.29, 1.82) is 0 Å². The summed E-state index contributed by atoms with van der Waals surface area (Å²) in [5.74, 6) is -0.304. The zero-order chi connectivity index (χ0) is 16.0. The van der Waals surface area contributed by atoms with Crippen molar-refractivity contribution in [3.8, 4) is 0 Å². The summed E-state index contributed by atoms with van der Waals surface area (Å²) in [4.78, 5) is 1.85. The van der Waals surface area contributed by atoms with Crippen LogP contribution in [-0.4, -0.2) is 49.1 Å². The Morgan fingerprint density at radius 3 is 2.43 bits per heavy atom. The van der Waals surface area contributed by atoms with Crippen LogP contribution in [0.15, 0.2) is 24.3 Å². The first-order chi connectivity index (χ1) is 9.80. The molecule has 21 heavy (non-hydrogen) atoms. The van der Waals surface area contributed by atoms with Crippen LogP contribution < -0.4 is 0 Å². The predicted molar refractivity (Wildman–Crippen MR) is 82.4 cm³/mol. The van der Waals surface area contributed by atoms with Crippen LogP contribution in [0.5, 0.6) is 0 Å². The van der Waals surface area contributed by atoms with Gasteiger partial charge in [0.05, 0.1) is 11.9 Å². The summed E-state index contributed by atoms with van der Waals surface area (Å²) in [7, 11) is -3.08. The maximum Gasteiger partial charge on any atom is 0.151 e. The lowest BCUT2D eigenvalue weighted by Crippen LogP contribution is -2.40. The molecule has 2 atom stereocenters. The molecule has 4 nitrogen and oxygen atoms in total. The van der Waals surface area contributed by atoms with Gasteiger partial charge in [0, 0.05) is 23.9 Å². The van der Waals surface area contributed by atoms with Gasteiger partial charge in [0.25, 0.3) is 0 Å². The van der Waals surface area contributed by atoms with Gasteiger partial charge < -0.3 is 5.11 Å². The van der Waals surface area contributed by atoms with E-state index in [1.54, 1.807) is 25.1 Å². The third-order valence-corrected chi connectivity index (χ3v) is 5.51. The van der Waals surface area contributed by atoms with E-state index in [1.807, 2.05) is 18.7 Å². The fraction of sp³-hybridized carbons (Fsp3) is 0.600. The Kier molecular flexibility index (Phi) is 6.77. The molecule has 6 heteroatoms. The molecular formula is C15H24FNO3S. The van der Waals surface area contributed by atoms with Crippen molar-refractivity contribution in [1.82, 2.24) is 4.90 Å². The Hall–Kier alpha value is -0.980. The highest BCUT2D eigenvalue weighted by Crippen LogP contribution is 2.19. The van der Waals surface area contributed by atoms with Crippen LogP contribution in [0.3, 0.4) is 0 Å². The van der Waals surface area contributed by atoms with Gasteiger partial charge >= 0.3 is 0 Å². The van der Waals surface area contributed by atoms with E-state index in [4.69, 9.17) is 0 Å². The van der Waals surface area contributed by atoms with E-state index in [-0.39, 0.29) is 29.7 Å². The summed E-state index contributed by atoms with van der Waals surface area (Å²) in [5.41, 5.74) is 0.237. The van der Waals surface area contributed by atoms with Crippen molar-refractivity contribution in [3.05, 3.63) is 35.6 Å². The molecule has 1 N–H and O–H groups in total. The maximum atomic E-state index is 13.6. The number of benzene rings is 1. The molecule has 0 bridgehead atoms. The van der Waals surface area contributed by atoms with Crippen LogP contribution >= 0.6 is 0 Å². The fourth-order valence-electron chi connectivity index (χ4n) is 2.28. The highest BCUT2D eigenvalue weighted by Gasteiger charge is 2.22. The minimum Gasteiger partial charge on any atom is -0.387 e. The van der Waals surface area contributed by atoms with Gasteiger partial charge in [-0.3, -0.25) is 4.90 Å². The van der Waals surface area contributed by atoms with Crippen molar-refractivity contribution in [3.63, 3.8) is 0 Å². The van der Waals surface area contributed by atoms with E-state index in [0.29, 0.717) is 6.54 Å². The number of hydrogen-bond acceptors (Lipinski definition) is 4. The standard InChI is InChI=1S/C15H24FNO3S/c1-4-17(12(3)11-21(19,20)5-2)10-15(18)13-8-6-7-9-14(13)16/h6-9,12,15,18H,4-5,10-11H2,1-3H3. The molecule has 1 aromatic rings. The molecule has 0 saturated heterocycles. The lowest BCUT2D eigenvalue weighted by Gasteiger charge is -2.29. The molecule has 0 heterocycles. The first-order valence-electron chi connectivity index (χ1n) is 7.17. The lowest BCUT2D eigenvalue weighted by molar-refractivity contribution is 0.0971. The molecular weight excluding hydrogens is 293 g/mol. The normalized spacial score (nSPS) is 15.1. The largest absolute Gasteiger partial charge is 0.387 e. The average molecular weight is 317 g/mol. The molecule has 0 amide bonds. The average Bonchev–Trinajstić information content (AvgIpc) is 2.44. The Morgan fingerprint density at radius 2 is 1.90 bits per heavy atom. The van der Waals surface area contributed by atoms with Gasteiger partial charge in [-0.15, -0.1) is 0 Å². The van der Waals surface area contributed by atoms with Gasteiger partial charge in [-0.1, -0.05) is 32.0 Å². The summed E-state index contributed by atoms with van der Waals surface area (Å²) < 4.78 is 37.0. The Bertz CT molecular complexity index is 548. The summed E-state index contributed by atoms with van der Waals surface area (Å²) in [5, 5.41) is 10.2. The molecule has 2 unspecified atom stereocenters. The molecule has 1 rings (SSSR count). The molecule has 0 radical (unpaired) electrons. The molecule has 0 spiro atoms. The third-order valence-electron chi connectivity index (χ3n) is 3.64. The summed E-state index contributed by atoms with van der Waals surface area (Å²) in [6.07, 6.45) is -0.974. The SMILES string of the molecule is CCN(CC(O)c1ccccc1F)C(C)CS(=O)(=O)CC. The van der Waals surface area contributed by atoms with Crippen LogP contribution in [0.4, 0.5) is 4.39 Å². The summed E-state index contributed by atoms with van der Waals surface area (Å²) >= 11 is 0. The maximum absolute atomic E-state index is 13.6. The monoisotopic (exact) mass is 317 g/mol. The van der Waals surface area contributed by atoms with Crippen molar-refractivity contribution >= 4 is 9.84 Å². The molecule has 1 aromatic carbocycles. The quantitative estimate of drug-likeness (QED) is 0.797. The fourth-order valence-corrected chi connectivity index (χ4v) is 3.46.